The molecular formula is C12H13FN4O2S. The van der Waals surface area contributed by atoms with E-state index in [1.807, 2.05) is 6.92 Å². The van der Waals surface area contributed by atoms with Crippen molar-refractivity contribution in [3.8, 4) is 0 Å². The maximum atomic E-state index is 12.7. The minimum Gasteiger partial charge on any atom is -0.370 e. The smallest absolute Gasteiger partial charge is 0.263 e. The topological polar surface area (TPSA) is 84.0 Å². The van der Waals surface area contributed by atoms with E-state index in [1.165, 1.54) is 24.4 Å². The molecule has 0 fully saturated rings. The molecule has 106 valence electrons. The molecule has 0 radical (unpaired) electrons. The normalized spacial score (nSPS) is 11.1. The molecule has 0 spiro atoms. The number of nitrogens with zero attached hydrogens (tertiary/aromatic N) is 2. The predicted octanol–water partition coefficient (Wildman–Crippen LogP) is 1.85. The van der Waals surface area contributed by atoms with Crippen molar-refractivity contribution in [3.63, 3.8) is 0 Å². The number of aromatic nitrogens is 2. The summed E-state index contributed by atoms with van der Waals surface area (Å²) >= 11 is 0. The summed E-state index contributed by atoms with van der Waals surface area (Å²) in [5, 5.41) is 2.92. The fourth-order valence-corrected chi connectivity index (χ4v) is 2.51. The number of hydrogen-bond donors (Lipinski definition) is 2. The summed E-state index contributed by atoms with van der Waals surface area (Å²) in [5.74, 6) is -0.0260. The van der Waals surface area contributed by atoms with Crippen molar-refractivity contribution in [1.29, 1.82) is 0 Å². The van der Waals surface area contributed by atoms with E-state index < -0.39 is 15.8 Å². The van der Waals surface area contributed by atoms with Crippen LogP contribution in [0, 0.1) is 5.82 Å². The van der Waals surface area contributed by atoms with Gasteiger partial charge < -0.3 is 5.32 Å². The van der Waals surface area contributed by atoms with Crippen LogP contribution >= 0.6 is 0 Å². The van der Waals surface area contributed by atoms with Gasteiger partial charge in [-0.3, -0.25) is 4.72 Å². The number of rotatable bonds is 5. The van der Waals surface area contributed by atoms with Crippen molar-refractivity contribution in [2.24, 2.45) is 0 Å². The summed E-state index contributed by atoms with van der Waals surface area (Å²) in [6, 6.07) is 5.16. The van der Waals surface area contributed by atoms with Gasteiger partial charge in [-0.25, -0.2) is 22.8 Å². The summed E-state index contributed by atoms with van der Waals surface area (Å²) in [6.07, 6.45) is 2.33. The second kappa shape index (κ2) is 5.83. The van der Waals surface area contributed by atoms with Crippen molar-refractivity contribution in [2.45, 2.75) is 11.8 Å². The highest BCUT2D eigenvalue weighted by Gasteiger charge is 2.15. The fraction of sp³-hybridized carbons (Fsp3) is 0.167. The van der Waals surface area contributed by atoms with E-state index in [0.29, 0.717) is 12.4 Å². The second-order valence-corrected chi connectivity index (χ2v) is 5.56. The van der Waals surface area contributed by atoms with Crippen LogP contribution in [0.4, 0.5) is 16.0 Å². The number of halogens is 1. The zero-order chi connectivity index (χ0) is 14.6. The minimum atomic E-state index is -3.78. The van der Waals surface area contributed by atoms with Crippen LogP contribution in [0.1, 0.15) is 6.92 Å². The van der Waals surface area contributed by atoms with Crippen LogP contribution in [-0.2, 0) is 10.0 Å². The first kappa shape index (κ1) is 14.2. The van der Waals surface area contributed by atoms with E-state index >= 15 is 0 Å². The Hall–Kier alpha value is -2.22. The first-order valence-electron chi connectivity index (χ1n) is 5.85. The van der Waals surface area contributed by atoms with Crippen LogP contribution in [0.5, 0.6) is 0 Å². The van der Waals surface area contributed by atoms with E-state index in [1.54, 1.807) is 0 Å². The quantitative estimate of drug-likeness (QED) is 0.879. The van der Waals surface area contributed by atoms with Crippen LogP contribution in [0.25, 0.3) is 0 Å². The number of sulfonamides is 1. The Balaban J connectivity index is 2.25. The highest BCUT2D eigenvalue weighted by Crippen LogP contribution is 2.16. The van der Waals surface area contributed by atoms with Crippen LogP contribution in [-0.4, -0.2) is 24.9 Å². The first-order chi connectivity index (χ1) is 9.51. The van der Waals surface area contributed by atoms with Crippen molar-refractivity contribution in [2.75, 3.05) is 16.6 Å². The van der Waals surface area contributed by atoms with Crippen molar-refractivity contribution >= 4 is 21.7 Å². The molecule has 0 bridgehead atoms. The molecule has 2 heterocycles. The Labute approximate surface area is 116 Å². The number of anilines is 2. The van der Waals surface area contributed by atoms with E-state index in [9.17, 15) is 12.8 Å². The Morgan fingerprint density at radius 2 is 2.00 bits per heavy atom. The van der Waals surface area contributed by atoms with Crippen LogP contribution in [0.3, 0.4) is 0 Å². The van der Waals surface area contributed by atoms with Crippen LogP contribution < -0.4 is 10.0 Å². The lowest BCUT2D eigenvalue weighted by atomic mass is 10.4. The maximum Gasteiger partial charge on any atom is 0.263 e. The van der Waals surface area contributed by atoms with Gasteiger partial charge in [-0.1, -0.05) is 0 Å². The second-order valence-electron chi connectivity index (χ2n) is 3.87. The molecule has 2 aromatic rings. The van der Waals surface area contributed by atoms with Gasteiger partial charge in [0.2, 0.25) is 0 Å². The molecule has 0 aliphatic heterocycles. The molecular weight excluding hydrogens is 283 g/mol. The standard InChI is InChI=1S/C12H13FN4O2S/c1-2-14-12-7-10(5-6-15-12)20(18,19)17-11-4-3-9(13)8-16-11/h3-8H,2H2,1H3,(H,14,15)(H,16,17). The summed E-state index contributed by atoms with van der Waals surface area (Å²) in [7, 11) is -3.78. The molecule has 2 rings (SSSR count). The molecule has 0 aromatic carbocycles. The highest BCUT2D eigenvalue weighted by molar-refractivity contribution is 7.92. The Morgan fingerprint density at radius 1 is 1.20 bits per heavy atom. The third kappa shape index (κ3) is 3.41. The molecule has 0 unspecified atom stereocenters. The predicted molar refractivity (Wildman–Crippen MR) is 73.4 cm³/mol. The number of nitrogens with one attached hydrogen (secondary N) is 2. The van der Waals surface area contributed by atoms with Gasteiger partial charge in [0.1, 0.15) is 17.5 Å². The number of pyridine rings is 2. The molecule has 0 amide bonds. The molecule has 2 aromatic heterocycles. The van der Waals surface area contributed by atoms with Gasteiger partial charge in [0.05, 0.1) is 11.1 Å². The van der Waals surface area contributed by atoms with Crippen molar-refractivity contribution < 1.29 is 12.8 Å². The molecule has 0 saturated carbocycles. The summed E-state index contributed by atoms with van der Waals surface area (Å²) in [5.41, 5.74) is 0. The largest absolute Gasteiger partial charge is 0.370 e. The lowest BCUT2D eigenvalue weighted by Gasteiger charge is -2.08. The van der Waals surface area contributed by atoms with E-state index in [0.717, 1.165) is 12.3 Å². The maximum absolute atomic E-state index is 12.7. The third-order valence-electron chi connectivity index (χ3n) is 2.37. The first-order valence-corrected chi connectivity index (χ1v) is 7.34. The average molecular weight is 296 g/mol. The zero-order valence-corrected chi connectivity index (χ0v) is 11.5. The fourth-order valence-electron chi connectivity index (χ4n) is 1.49. The van der Waals surface area contributed by atoms with E-state index in [-0.39, 0.29) is 10.7 Å². The lowest BCUT2D eigenvalue weighted by molar-refractivity contribution is 0.600. The van der Waals surface area contributed by atoms with Crippen molar-refractivity contribution in [1.82, 2.24) is 9.97 Å². The summed E-state index contributed by atoms with van der Waals surface area (Å²) < 4.78 is 39.3. The molecule has 6 nitrogen and oxygen atoms in total. The van der Waals surface area contributed by atoms with Crippen LogP contribution in [0.15, 0.2) is 41.6 Å². The molecule has 2 N–H and O–H groups in total. The zero-order valence-electron chi connectivity index (χ0n) is 10.7. The SMILES string of the molecule is CCNc1cc(S(=O)(=O)Nc2ccc(F)cn2)ccn1. The molecule has 0 aliphatic carbocycles. The van der Waals surface area contributed by atoms with Gasteiger partial charge in [-0.2, -0.15) is 0 Å². The Kier molecular flexibility index (Phi) is 4.14. The Morgan fingerprint density at radius 3 is 2.65 bits per heavy atom. The van der Waals surface area contributed by atoms with Gasteiger partial charge in [0.25, 0.3) is 10.0 Å². The van der Waals surface area contributed by atoms with Gasteiger partial charge in [0, 0.05) is 18.8 Å². The lowest BCUT2D eigenvalue weighted by Crippen LogP contribution is -2.14. The number of hydrogen-bond acceptors (Lipinski definition) is 5. The van der Waals surface area contributed by atoms with Gasteiger partial charge in [-0.05, 0) is 25.1 Å². The molecule has 8 heteroatoms. The molecule has 20 heavy (non-hydrogen) atoms. The van der Waals surface area contributed by atoms with Gasteiger partial charge >= 0.3 is 0 Å². The third-order valence-corrected chi connectivity index (χ3v) is 3.72. The highest BCUT2D eigenvalue weighted by atomic mass is 32.2. The summed E-state index contributed by atoms with van der Waals surface area (Å²) in [4.78, 5) is 7.69. The monoisotopic (exact) mass is 296 g/mol. The molecule has 0 saturated heterocycles. The van der Waals surface area contributed by atoms with E-state index in [4.69, 9.17) is 0 Å². The Bertz CT molecular complexity index is 689. The molecule has 0 aliphatic rings. The van der Waals surface area contributed by atoms with Crippen LogP contribution in [0.2, 0.25) is 0 Å². The summed E-state index contributed by atoms with van der Waals surface area (Å²) in [6.45, 7) is 2.51. The van der Waals surface area contributed by atoms with Gasteiger partial charge in [0.15, 0.2) is 0 Å². The van der Waals surface area contributed by atoms with Crippen molar-refractivity contribution in [3.05, 3.63) is 42.5 Å². The minimum absolute atomic E-state index is 0.0493. The van der Waals surface area contributed by atoms with Gasteiger partial charge in [-0.15, -0.1) is 0 Å². The molecule has 0 atom stereocenters. The average Bonchev–Trinajstić information content (AvgIpc) is 2.42. The van der Waals surface area contributed by atoms with E-state index in [2.05, 4.69) is 20.0 Å².